The first-order valence-electron chi connectivity index (χ1n) is 10.1. The Morgan fingerprint density at radius 2 is 0.879 bits per heavy atom. The maximum absolute atomic E-state index is 14.5. The Hall–Kier alpha value is -2.46. The molecular weight excluding hydrogens is 454 g/mol. The van der Waals surface area contributed by atoms with Crippen molar-refractivity contribution >= 4 is 0 Å². The molecule has 0 unspecified atom stereocenters. The van der Waals surface area contributed by atoms with E-state index in [0.717, 1.165) is 24.3 Å². The van der Waals surface area contributed by atoms with Gasteiger partial charge in [0.15, 0.2) is 0 Å². The second-order valence-electron chi connectivity index (χ2n) is 7.77. The molecule has 0 bridgehead atoms. The Balaban J connectivity index is 2.89. The van der Waals surface area contributed by atoms with Crippen molar-refractivity contribution in [3.8, 4) is 11.5 Å². The number of benzene rings is 2. The Kier molecular flexibility index (Phi) is 7.96. The van der Waals surface area contributed by atoms with Gasteiger partial charge in [0.2, 0.25) is 5.41 Å². The molecule has 33 heavy (non-hydrogen) atoms. The van der Waals surface area contributed by atoms with Gasteiger partial charge in [0.25, 0.3) is 0 Å². The molecule has 0 fully saturated rings. The smallest absolute Gasteiger partial charge is 0.411 e. The van der Waals surface area contributed by atoms with E-state index in [0.29, 0.717) is 0 Å². The maximum atomic E-state index is 14.5. The third kappa shape index (κ3) is 4.91. The zero-order valence-corrected chi connectivity index (χ0v) is 18.6. The number of halogens is 6. The van der Waals surface area contributed by atoms with Crippen LogP contribution in [-0.4, -0.2) is 49.0 Å². The van der Waals surface area contributed by atoms with Crippen LogP contribution in [0.4, 0.5) is 26.3 Å². The number of aliphatic hydroxyl groups excluding tert-OH is 2. The fourth-order valence-electron chi connectivity index (χ4n) is 4.07. The molecule has 4 nitrogen and oxygen atoms in total. The number of aryl methyl sites for hydroxylation is 4. The highest BCUT2D eigenvalue weighted by Crippen LogP contribution is 2.57. The average Bonchev–Trinajstić information content (AvgIpc) is 2.65. The summed E-state index contributed by atoms with van der Waals surface area (Å²) in [5.41, 5.74) is -5.98. The highest BCUT2D eigenvalue weighted by atomic mass is 19.4. The molecule has 2 N–H and O–H groups in total. The van der Waals surface area contributed by atoms with Gasteiger partial charge in [-0.25, -0.2) is 0 Å². The van der Waals surface area contributed by atoms with Gasteiger partial charge in [0.05, 0.1) is 13.2 Å². The van der Waals surface area contributed by atoms with Gasteiger partial charge >= 0.3 is 12.4 Å². The summed E-state index contributed by atoms with van der Waals surface area (Å²) < 4.78 is 97.8. The molecule has 10 heteroatoms. The zero-order valence-electron chi connectivity index (χ0n) is 18.6. The number of ether oxygens (including phenoxy) is 2. The molecule has 0 spiro atoms. The maximum Gasteiger partial charge on any atom is 0.411 e. The molecule has 2 rings (SSSR count). The van der Waals surface area contributed by atoms with E-state index in [9.17, 15) is 26.3 Å². The zero-order chi connectivity index (χ0) is 25.2. The van der Waals surface area contributed by atoms with Crippen LogP contribution in [0.2, 0.25) is 0 Å². The predicted molar refractivity (Wildman–Crippen MR) is 110 cm³/mol. The number of hydrogen-bond donors (Lipinski definition) is 2. The summed E-state index contributed by atoms with van der Waals surface area (Å²) in [7, 11) is 0. The Bertz CT molecular complexity index is 856. The van der Waals surface area contributed by atoms with Crippen molar-refractivity contribution in [1.82, 2.24) is 0 Å². The van der Waals surface area contributed by atoms with Crippen LogP contribution in [-0.2, 0) is 5.41 Å². The third-order valence-corrected chi connectivity index (χ3v) is 5.31. The van der Waals surface area contributed by atoms with Crippen molar-refractivity contribution in [3.63, 3.8) is 0 Å². The van der Waals surface area contributed by atoms with Crippen LogP contribution in [0.5, 0.6) is 11.5 Å². The summed E-state index contributed by atoms with van der Waals surface area (Å²) in [6.45, 7) is 4.37. The normalized spacial score (nSPS) is 12.7. The monoisotopic (exact) mass is 480 g/mol. The van der Waals surface area contributed by atoms with E-state index < -0.39 is 28.9 Å². The molecular formula is C23H26F6O4. The van der Waals surface area contributed by atoms with Gasteiger partial charge in [-0.15, -0.1) is 0 Å². The van der Waals surface area contributed by atoms with Gasteiger partial charge in [0.1, 0.15) is 24.7 Å². The second kappa shape index (κ2) is 9.80. The van der Waals surface area contributed by atoms with Gasteiger partial charge in [-0.3, -0.25) is 0 Å². The van der Waals surface area contributed by atoms with Crippen LogP contribution >= 0.6 is 0 Å². The van der Waals surface area contributed by atoms with Gasteiger partial charge < -0.3 is 19.7 Å². The minimum Gasteiger partial charge on any atom is -0.491 e. The lowest BCUT2D eigenvalue weighted by molar-refractivity contribution is -0.288. The average molecular weight is 480 g/mol. The van der Waals surface area contributed by atoms with Crippen LogP contribution in [0, 0.1) is 27.7 Å². The standard InChI is InChI=1S/C23H26F6O4/c1-13-9-17(10-14(2)19(13)32-7-5-30)21(22(24,25)26,23(27,28)29)18-11-15(3)20(16(4)12-18)33-8-6-31/h9-12,30-31H,5-8H2,1-4H3. The molecule has 0 radical (unpaired) electrons. The summed E-state index contributed by atoms with van der Waals surface area (Å²) in [6, 6.07) is 3.28. The fraction of sp³-hybridized carbons (Fsp3) is 0.478. The first-order valence-corrected chi connectivity index (χ1v) is 10.1. The van der Waals surface area contributed by atoms with Crippen LogP contribution in [0.3, 0.4) is 0 Å². The minimum atomic E-state index is -5.73. The first-order chi connectivity index (χ1) is 15.2. The van der Waals surface area contributed by atoms with Gasteiger partial charge in [-0.2, -0.15) is 26.3 Å². The van der Waals surface area contributed by atoms with Crippen molar-refractivity contribution in [1.29, 1.82) is 0 Å². The van der Waals surface area contributed by atoms with Crippen molar-refractivity contribution in [2.45, 2.75) is 45.5 Å². The van der Waals surface area contributed by atoms with Crippen LogP contribution in [0.1, 0.15) is 33.4 Å². The second-order valence-corrected chi connectivity index (χ2v) is 7.77. The van der Waals surface area contributed by atoms with E-state index in [1.54, 1.807) is 0 Å². The third-order valence-electron chi connectivity index (χ3n) is 5.31. The molecule has 0 aliphatic heterocycles. The molecule has 0 heterocycles. The highest BCUT2D eigenvalue weighted by Gasteiger charge is 2.72. The van der Waals surface area contributed by atoms with E-state index >= 15 is 0 Å². The molecule has 0 aliphatic rings. The molecule has 2 aromatic rings. The molecule has 2 aromatic carbocycles. The Labute approximate surface area is 187 Å². The summed E-state index contributed by atoms with van der Waals surface area (Å²) in [5.74, 6) is 0.234. The molecule has 184 valence electrons. The lowest BCUT2D eigenvalue weighted by atomic mass is 9.71. The predicted octanol–water partition coefficient (Wildman–Crippen LogP) is 5.07. The van der Waals surface area contributed by atoms with Gasteiger partial charge in [-0.1, -0.05) is 24.3 Å². The summed E-state index contributed by atoms with van der Waals surface area (Å²) in [5, 5.41) is 17.9. The Morgan fingerprint density at radius 3 is 1.09 bits per heavy atom. The summed E-state index contributed by atoms with van der Waals surface area (Å²) >= 11 is 0. The Morgan fingerprint density at radius 1 is 0.606 bits per heavy atom. The van der Waals surface area contributed by atoms with Crippen molar-refractivity contribution < 1.29 is 46.0 Å². The molecule has 0 aromatic heterocycles. The summed E-state index contributed by atoms with van der Waals surface area (Å²) in [4.78, 5) is 0. The van der Waals surface area contributed by atoms with E-state index in [2.05, 4.69) is 0 Å². The minimum absolute atomic E-state index is 0.0765. The van der Waals surface area contributed by atoms with E-state index in [-0.39, 0.29) is 60.2 Å². The molecule has 0 aliphatic carbocycles. The molecule has 0 amide bonds. The number of hydrogen-bond acceptors (Lipinski definition) is 4. The lowest BCUT2D eigenvalue weighted by Gasteiger charge is -2.39. The fourth-order valence-corrected chi connectivity index (χ4v) is 4.07. The van der Waals surface area contributed by atoms with Crippen LogP contribution < -0.4 is 9.47 Å². The number of alkyl halides is 6. The summed E-state index contributed by atoms with van der Waals surface area (Å²) in [6.07, 6.45) is -11.5. The van der Waals surface area contributed by atoms with E-state index in [4.69, 9.17) is 19.7 Å². The largest absolute Gasteiger partial charge is 0.491 e. The SMILES string of the molecule is Cc1cc(C(c2cc(C)c(OCCO)c(C)c2)(C(F)(F)F)C(F)(F)F)cc(C)c1OCCO. The quantitative estimate of drug-likeness (QED) is 0.518. The topological polar surface area (TPSA) is 58.9 Å². The van der Waals surface area contributed by atoms with Gasteiger partial charge in [0, 0.05) is 0 Å². The van der Waals surface area contributed by atoms with Crippen molar-refractivity contribution in [3.05, 3.63) is 57.6 Å². The van der Waals surface area contributed by atoms with Crippen LogP contribution in [0.25, 0.3) is 0 Å². The number of aliphatic hydroxyl groups is 2. The highest BCUT2D eigenvalue weighted by molar-refractivity contribution is 5.55. The number of rotatable bonds is 8. The van der Waals surface area contributed by atoms with Crippen molar-refractivity contribution in [2.24, 2.45) is 0 Å². The lowest BCUT2D eigenvalue weighted by Crippen LogP contribution is -2.55. The van der Waals surface area contributed by atoms with Crippen LogP contribution in [0.15, 0.2) is 24.3 Å². The van der Waals surface area contributed by atoms with Crippen molar-refractivity contribution in [2.75, 3.05) is 26.4 Å². The van der Waals surface area contributed by atoms with E-state index in [1.807, 2.05) is 0 Å². The van der Waals surface area contributed by atoms with Gasteiger partial charge in [-0.05, 0) is 61.1 Å². The van der Waals surface area contributed by atoms with E-state index in [1.165, 1.54) is 27.7 Å². The molecule has 0 atom stereocenters. The molecule has 0 saturated heterocycles. The molecule has 0 saturated carbocycles. The first kappa shape index (κ1) is 26.8.